The van der Waals surface area contributed by atoms with Crippen LogP contribution in [0.4, 0.5) is 0 Å². The Labute approximate surface area is 147 Å². The highest BCUT2D eigenvalue weighted by Gasteiger charge is 2.29. The van der Waals surface area contributed by atoms with E-state index in [4.69, 9.17) is 9.47 Å². The molecule has 0 heterocycles. The number of hydrogen-bond donors (Lipinski definition) is 2. The second kappa shape index (κ2) is 10.8. The van der Waals surface area contributed by atoms with Crippen LogP contribution in [0.2, 0.25) is 0 Å². The molecule has 0 aromatic carbocycles. The summed E-state index contributed by atoms with van der Waals surface area (Å²) in [7, 11) is 1.87. The Morgan fingerprint density at radius 2 is 1.58 bits per heavy atom. The largest absolute Gasteiger partial charge is 0.354 e. The Bertz CT molecular complexity index is 394. The van der Waals surface area contributed by atoms with E-state index in [1.54, 1.807) is 6.92 Å². The SMILES string of the molecule is CNCCOC(C)(C)OCCNC(=O)CC(C)C(C)(C)CC(C)=O. The normalized spacial score (nSPS) is 13.6. The van der Waals surface area contributed by atoms with E-state index in [1.165, 1.54) is 0 Å². The number of Topliss-reactive ketones (excluding diaryl/α,β-unsaturated/α-hetero) is 1. The molecule has 0 rings (SSSR count). The maximum Gasteiger partial charge on any atom is 0.220 e. The van der Waals surface area contributed by atoms with E-state index >= 15 is 0 Å². The van der Waals surface area contributed by atoms with Gasteiger partial charge in [0, 0.05) is 25.9 Å². The molecule has 2 N–H and O–H groups in total. The van der Waals surface area contributed by atoms with Crippen LogP contribution >= 0.6 is 0 Å². The molecule has 0 aromatic heterocycles. The van der Waals surface area contributed by atoms with Crippen LogP contribution in [0.5, 0.6) is 0 Å². The van der Waals surface area contributed by atoms with E-state index in [0.29, 0.717) is 32.6 Å². The molecule has 1 amide bonds. The summed E-state index contributed by atoms with van der Waals surface area (Å²) in [5.41, 5.74) is -0.178. The molecule has 0 aromatic rings. The molecule has 142 valence electrons. The van der Waals surface area contributed by atoms with Crippen molar-refractivity contribution in [2.24, 2.45) is 11.3 Å². The fourth-order valence-electron chi connectivity index (χ4n) is 2.37. The van der Waals surface area contributed by atoms with E-state index in [0.717, 1.165) is 6.54 Å². The highest BCUT2D eigenvalue weighted by atomic mass is 16.7. The first-order valence-electron chi connectivity index (χ1n) is 8.69. The molecular formula is C18H36N2O4. The summed E-state index contributed by atoms with van der Waals surface area (Å²) in [6.45, 7) is 13.5. The highest BCUT2D eigenvalue weighted by Crippen LogP contribution is 2.32. The lowest BCUT2D eigenvalue weighted by molar-refractivity contribution is -0.211. The van der Waals surface area contributed by atoms with Gasteiger partial charge in [-0.1, -0.05) is 20.8 Å². The van der Waals surface area contributed by atoms with E-state index in [2.05, 4.69) is 10.6 Å². The van der Waals surface area contributed by atoms with Crippen molar-refractivity contribution in [2.75, 3.05) is 33.4 Å². The second-order valence-corrected chi connectivity index (χ2v) is 7.52. The van der Waals surface area contributed by atoms with Gasteiger partial charge in [0.1, 0.15) is 5.78 Å². The Hall–Kier alpha value is -0.980. The van der Waals surface area contributed by atoms with Crippen molar-refractivity contribution in [3.05, 3.63) is 0 Å². The van der Waals surface area contributed by atoms with Crippen molar-refractivity contribution in [3.63, 3.8) is 0 Å². The average Bonchev–Trinajstić information content (AvgIpc) is 2.42. The minimum absolute atomic E-state index is 0.0170. The summed E-state index contributed by atoms with van der Waals surface area (Å²) in [4.78, 5) is 23.3. The molecular weight excluding hydrogens is 308 g/mol. The summed E-state index contributed by atoms with van der Waals surface area (Å²) >= 11 is 0. The molecule has 6 heteroatoms. The quantitative estimate of drug-likeness (QED) is 0.395. The molecule has 0 spiro atoms. The zero-order valence-corrected chi connectivity index (χ0v) is 16.5. The van der Waals surface area contributed by atoms with Gasteiger partial charge in [0.25, 0.3) is 0 Å². The number of ether oxygens (including phenoxy) is 2. The molecule has 0 radical (unpaired) electrons. The molecule has 0 aliphatic rings. The third kappa shape index (κ3) is 10.7. The molecule has 0 saturated carbocycles. The number of carbonyl (C=O) groups excluding carboxylic acids is 2. The van der Waals surface area contributed by atoms with Crippen LogP contribution < -0.4 is 10.6 Å². The zero-order chi connectivity index (χ0) is 18.8. The van der Waals surface area contributed by atoms with Crippen LogP contribution in [0.25, 0.3) is 0 Å². The summed E-state index contributed by atoms with van der Waals surface area (Å²) in [6.07, 6.45) is 0.894. The van der Waals surface area contributed by atoms with E-state index < -0.39 is 5.79 Å². The van der Waals surface area contributed by atoms with Gasteiger partial charge in [-0.25, -0.2) is 0 Å². The van der Waals surface area contributed by atoms with Crippen molar-refractivity contribution in [2.45, 2.75) is 60.2 Å². The molecule has 0 aliphatic heterocycles. The van der Waals surface area contributed by atoms with E-state index in [9.17, 15) is 9.59 Å². The number of nitrogens with one attached hydrogen (secondary N) is 2. The molecule has 0 bridgehead atoms. The van der Waals surface area contributed by atoms with E-state index in [-0.39, 0.29) is 23.0 Å². The van der Waals surface area contributed by atoms with Crippen LogP contribution in [0.15, 0.2) is 0 Å². The molecule has 1 atom stereocenters. The first-order chi connectivity index (χ1) is 11.0. The van der Waals surface area contributed by atoms with Gasteiger partial charge in [0.15, 0.2) is 5.79 Å². The van der Waals surface area contributed by atoms with Gasteiger partial charge in [-0.3, -0.25) is 4.79 Å². The summed E-state index contributed by atoms with van der Waals surface area (Å²) < 4.78 is 11.2. The maximum absolute atomic E-state index is 12.0. The third-order valence-corrected chi connectivity index (χ3v) is 4.21. The van der Waals surface area contributed by atoms with Gasteiger partial charge >= 0.3 is 0 Å². The van der Waals surface area contributed by atoms with Gasteiger partial charge in [-0.2, -0.15) is 0 Å². The summed E-state index contributed by atoms with van der Waals surface area (Å²) in [6, 6.07) is 0. The molecule has 0 fully saturated rings. The Kier molecular flexibility index (Phi) is 10.4. The van der Waals surface area contributed by atoms with Crippen molar-refractivity contribution in [1.82, 2.24) is 10.6 Å². The van der Waals surface area contributed by atoms with Gasteiger partial charge < -0.3 is 24.9 Å². The lowest BCUT2D eigenvalue weighted by Gasteiger charge is -2.30. The van der Waals surface area contributed by atoms with Gasteiger partial charge in [0.2, 0.25) is 5.91 Å². The predicted octanol–water partition coefficient (Wildman–Crippen LogP) is 2.12. The summed E-state index contributed by atoms with van der Waals surface area (Å²) in [5.74, 6) is -0.403. The van der Waals surface area contributed by atoms with Gasteiger partial charge in [-0.05, 0) is 39.2 Å². The monoisotopic (exact) mass is 344 g/mol. The molecule has 1 unspecified atom stereocenters. The Balaban J connectivity index is 4.03. The smallest absolute Gasteiger partial charge is 0.220 e. The molecule has 24 heavy (non-hydrogen) atoms. The fourth-order valence-corrected chi connectivity index (χ4v) is 2.37. The minimum atomic E-state index is -0.668. The molecule has 0 saturated heterocycles. The Morgan fingerprint density at radius 3 is 2.08 bits per heavy atom. The standard InChI is InChI=1S/C18H36N2O4/c1-14(17(3,4)13-15(2)21)12-16(22)20-9-11-24-18(5,6)23-10-8-19-7/h14,19H,8-13H2,1-7H3,(H,20,22). The highest BCUT2D eigenvalue weighted by molar-refractivity contribution is 5.77. The number of amides is 1. The van der Waals surface area contributed by atoms with Crippen LogP contribution in [0.1, 0.15) is 54.4 Å². The van der Waals surface area contributed by atoms with Gasteiger partial charge in [-0.15, -0.1) is 0 Å². The molecule has 0 aliphatic carbocycles. The number of ketones is 1. The Morgan fingerprint density at radius 1 is 1.04 bits per heavy atom. The maximum atomic E-state index is 12.0. The fraction of sp³-hybridized carbons (Fsp3) is 0.889. The van der Waals surface area contributed by atoms with Crippen molar-refractivity contribution >= 4 is 11.7 Å². The van der Waals surface area contributed by atoms with Gasteiger partial charge in [0.05, 0.1) is 13.2 Å². The first kappa shape index (κ1) is 23.0. The number of rotatable bonds is 13. The minimum Gasteiger partial charge on any atom is -0.354 e. The van der Waals surface area contributed by atoms with Crippen LogP contribution in [0, 0.1) is 11.3 Å². The zero-order valence-electron chi connectivity index (χ0n) is 16.5. The molecule has 6 nitrogen and oxygen atoms in total. The van der Waals surface area contributed by atoms with Crippen LogP contribution in [-0.2, 0) is 19.1 Å². The number of hydrogen-bond acceptors (Lipinski definition) is 5. The second-order valence-electron chi connectivity index (χ2n) is 7.52. The number of likely N-dealkylation sites (N-methyl/N-ethyl adjacent to an activating group) is 1. The first-order valence-corrected chi connectivity index (χ1v) is 8.69. The lowest BCUT2D eigenvalue weighted by Crippen LogP contribution is -2.36. The van der Waals surface area contributed by atoms with Crippen molar-refractivity contribution in [1.29, 1.82) is 0 Å². The average molecular weight is 344 g/mol. The lowest BCUT2D eigenvalue weighted by atomic mass is 9.74. The van der Waals surface area contributed by atoms with E-state index in [1.807, 2.05) is 41.7 Å². The number of carbonyl (C=O) groups is 2. The summed E-state index contributed by atoms with van der Waals surface area (Å²) in [5, 5.41) is 5.87. The topological polar surface area (TPSA) is 76.7 Å². The van der Waals surface area contributed by atoms with Crippen molar-refractivity contribution in [3.8, 4) is 0 Å². The van der Waals surface area contributed by atoms with Crippen molar-refractivity contribution < 1.29 is 19.1 Å². The van der Waals surface area contributed by atoms with Crippen LogP contribution in [0.3, 0.4) is 0 Å². The predicted molar refractivity (Wildman–Crippen MR) is 95.8 cm³/mol. The van der Waals surface area contributed by atoms with Crippen LogP contribution in [-0.4, -0.2) is 50.8 Å². The third-order valence-electron chi connectivity index (χ3n) is 4.21.